The number of hydrogen-bond donors (Lipinski definition) is 1. The van der Waals surface area contributed by atoms with Crippen molar-refractivity contribution < 1.29 is 4.79 Å². The zero-order valence-corrected chi connectivity index (χ0v) is 19.0. The molecule has 162 valence electrons. The van der Waals surface area contributed by atoms with E-state index in [-0.39, 0.29) is 11.5 Å². The number of carbonyl (C=O) groups is 1. The van der Waals surface area contributed by atoms with E-state index in [1.54, 1.807) is 29.7 Å². The maximum absolute atomic E-state index is 12.8. The van der Waals surface area contributed by atoms with E-state index in [1.165, 1.54) is 0 Å². The number of hydrogen-bond acceptors (Lipinski definition) is 3. The van der Waals surface area contributed by atoms with Crippen LogP contribution in [0.4, 0.5) is 0 Å². The second-order valence-electron chi connectivity index (χ2n) is 8.02. The molecule has 1 aromatic heterocycles. The Labute approximate surface area is 191 Å². The van der Waals surface area contributed by atoms with E-state index in [4.69, 9.17) is 11.6 Å². The average molecular weight is 446 g/mol. The minimum atomic E-state index is -0.162. The molecule has 5 nitrogen and oxygen atoms in total. The Bertz CT molecular complexity index is 1370. The van der Waals surface area contributed by atoms with Crippen LogP contribution in [-0.4, -0.2) is 15.5 Å². The Morgan fingerprint density at radius 3 is 2.41 bits per heavy atom. The molecule has 0 bridgehead atoms. The molecule has 0 spiro atoms. The van der Waals surface area contributed by atoms with Crippen LogP contribution in [0, 0.1) is 20.8 Å². The highest BCUT2D eigenvalue weighted by Crippen LogP contribution is 2.18. The molecular weight excluding hydrogens is 422 g/mol. The predicted molar refractivity (Wildman–Crippen MR) is 128 cm³/mol. The van der Waals surface area contributed by atoms with Gasteiger partial charge in [-0.15, -0.1) is 0 Å². The van der Waals surface area contributed by atoms with Gasteiger partial charge in [0.1, 0.15) is 5.69 Å². The molecule has 4 aromatic rings. The van der Waals surface area contributed by atoms with Crippen LogP contribution >= 0.6 is 11.6 Å². The van der Waals surface area contributed by atoms with Crippen molar-refractivity contribution in [3.05, 3.63) is 110 Å². The third-order valence-corrected chi connectivity index (χ3v) is 5.86. The standard InChI is InChI=1S/C26H24ClN3O2/c1-16-11-23-24(12-17(16)2)30(26(32)18(3)29-23)15-19-7-9-21(10-8-19)25(31)28-14-20-5-4-6-22(27)13-20/h4-13H,14-15H2,1-3H3,(H,28,31). The van der Waals surface area contributed by atoms with E-state index in [1.807, 2.05) is 56.3 Å². The SMILES string of the molecule is Cc1cc2nc(C)c(=O)n(Cc3ccc(C(=O)NCc4cccc(Cl)c4)cc3)c2cc1C. The van der Waals surface area contributed by atoms with Crippen molar-refractivity contribution in [3.8, 4) is 0 Å². The van der Waals surface area contributed by atoms with E-state index in [2.05, 4.69) is 10.3 Å². The second-order valence-corrected chi connectivity index (χ2v) is 8.46. The first-order valence-electron chi connectivity index (χ1n) is 10.4. The summed E-state index contributed by atoms with van der Waals surface area (Å²) in [4.78, 5) is 29.8. The molecule has 1 N–H and O–H groups in total. The summed E-state index contributed by atoms with van der Waals surface area (Å²) in [6.07, 6.45) is 0. The first-order chi connectivity index (χ1) is 15.3. The summed E-state index contributed by atoms with van der Waals surface area (Å²) in [6.45, 7) is 6.61. The Hall–Kier alpha value is -3.44. The van der Waals surface area contributed by atoms with Crippen LogP contribution in [0.3, 0.4) is 0 Å². The number of amides is 1. The molecule has 0 unspecified atom stereocenters. The maximum Gasteiger partial charge on any atom is 0.272 e. The summed E-state index contributed by atoms with van der Waals surface area (Å²) in [6, 6.07) is 18.7. The number of carbonyl (C=O) groups excluding carboxylic acids is 1. The lowest BCUT2D eigenvalue weighted by atomic mass is 10.1. The quantitative estimate of drug-likeness (QED) is 0.472. The van der Waals surface area contributed by atoms with Crippen LogP contribution in [0.1, 0.15) is 38.3 Å². The molecule has 0 aliphatic carbocycles. The van der Waals surface area contributed by atoms with Crippen LogP contribution in [0.25, 0.3) is 11.0 Å². The number of nitrogens with zero attached hydrogens (tertiary/aromatic N) is 2. The Morgan fingerprint density at radius 1 is 0.969 bits per heavy atom. The van der Waals surface area contributed by atoms with Gasteiger partial charge in [0.2, 0.25) is 0 Å². The van der Waals surface area contributed by atoms with Gasteiger partial charge < -0.3 is 9.88 Å². The fourth-order valence-corrected chi connectivity index (χ4v) is 3.87. The van der Waals surface area contributed by atoms with Crippen molar-refractivity contribution in [1.29, 1.82) is 0 Å². The summed E-state index contributed by atoms with van der Waals surface area (Å²) >= 11 is 5.99. The Kier molecular flexibility index (Phi) is 6.10. The van der Waals surface area contributed by atoms with Gasteiger partial charge in [0.05, 0.1) is 17.6 Å². The zero-order valence-electron chi connectivity index (χ0n) is 18.3. The van der Waals surface area contributed by atoms with Crippen molar-refractivity contribution in [2.75, 3.05) is 0 Å². The lowest BCUT2D eigenvalue weighted by Crippen LogP contribution is -2.25. The largest absolute Gasteiger partial charge is 0.348 e. The predicted octanol–water partition coefficient (Wildman–Crippen LogP) is 4.95. The summed E-state index contributed by atoms with van der Waals surface area (Å²) in [5, 5.41) is 3.54. The van der Waals surface area contributed by atoms with Gasteiger partial charge in [0.25, 0.3) is 11.5 Å². The number of halogens is 1. The van der Waals surface area contributed by atoms with E-state index in [9.17, 15) is 9.59 Å². The zero-order chi connectivity index (χ0) is 22.8. The van der Waals surface area contributed by atoms with E-state index in [0.717, 1.165) is 33.3 Å². The molecule has 0 aliphatic heterocycles. The molecule has 0 atom stereocenters. The molecule has 0 aliphatic rings. The molecule has 0 saturated heterocycles. The lowest BCUT2D eigenvalue weighted by Gasteiger charge is -2.13. The van der Waals surface area contributed by atoms with Crippen molar-refractivity contribution in [2.24, 2.45) is 0 Å². The first-order valence-corrected chi connectivity index (χ1v) is 10.8. The number of aromatic nitrogens is 2. The van der Waals surface area contributed by atoms with Gasteiger partial charge in [-0.1, -0.05) is 35.9 Å². The second kappa shape index (κ2) is 8.97. The minimum absolute atomic E-state index is 0.107. The number of fused-ring (bicyclic) bond motifs is 1. The third kappa shape index (κ3) is 4.58. The van der Waals surface area contributed by atoms with Gasteiger partial charge in [-0.3, -0.25) is 9.59 Å². The number of aryl methyl sites for hydroxylation is 3. The first kappa shape index (κ1) is 21.8. The Balaban J connectivity index is 1.54. The van der Waals surface area contributed by atoms with Crippen LogP contribution in [0.15, 0.2) is 65.5 Å². The van der Waals surface area contributed by atoms with Gasteiger partial charge in [0, 0.05) is 17.1 Å². The highest BCUT2D eigenvalue weighted by Gasteiger charge is 2.11. The molecule has 3 aromatic carbocycles. The van der Waals surface area contributed by atoms with Gasteiger partial charge in [-0.2, -0.15) is 0 Å². The van der Waals surface area contributed by atoms with Crippen LogP contribution < -0.4 is 10.9 Å². The normalized spacial score (nSPS) is 11.0. The van der Waals surface area contributed by atoms with Crippen LogP contribution in [0.5, 0.6) is 0 Å². The van der Waals surface area contributed by atoms with Crippen LogP contribution in [-0.2, 0) is 13.1 Å². The molecule has 0 radical (unpaired) electrons. The minimum Gasteiger partial charge on any atom is -0.348 e. The molecule has 0 saturated carbocycles. The molecular formula is C26H24ClN3O2. The van der Waals surface area contributed by atoms with Gasteiger partial charge in [-0.25, -0.2) is 4.98 Å². The molecule has 0 fully saturated rings. The molecule has 4 rings (SSSR count). The van der Waals surface area contributed by atoms with Crippen molar-refractivity contribution in [1.82, 2.24) is 14.9 Å². The number of rotatable bonds is 5. The smallest absolute Gasteiger partial charge is 0.272 e. The van der Waals surface area contributed by atoms with E-state index >= 15 is 0 Å². The fourth-order valence-electron chi connectivity index (χ4n) is 3.66. The average Bonchev–Trinajstić information content (AvgIpc) is 2.77. The number of nitrogens with one attached hydrogen (secondary N) is 1. The van der Waals surface area contributed by atoms with Crippen LogP contribution in [0.2, 0.25) is 5.02 Å². The molecule has 32 heavy (non-hydrogen) atoms. The topological polar surface area (TPSA) is 64.0 Å². The highest BCUT2D eigenvalue weighted by atomic mass is 35.5. The summed E-state index contributed by atoms with van der Waals surface area (Å²) in [5.41, 5.74) is 6.67. The fraction of sp³-hybridized carbons (Fsp3) is 0.192. The monoisotopic (exact) mass is 445 g/mol. The highest BCUT2D eigenvalue weighted by molar-refractivity contribution is 6.30. The van der Waals surface area contributed by atoms with Gasteiger partial charge in [-0.05, 0) is 79.4 Å². The third-order valence-electron chi connectivity index (χ3n) is 5.62. The van der Waals surface area contributed by atoms with Crippen molar-refractivity contribution in [2.45, 2.75) is 33.9 Å². The van der Waals surface area contributed by atoms with Crippen molar-refractivity contribution in [3.63, 3.8) is 0 Å². The summed E-state index contributed by atoms with van der Waals surface area (Å²) in [5.74, 6) is -0.162. The molecule has 6 heteroatoms. The Morgan fingerprint density at radius 2 is 1.69 bits per heavy atom. The molecule has 1 amide bonds. The lowest BCUT2D eigenvalue weighted by molar-refractivity contribution is 0.0951. The summed E-state index contributed by atoms with van der Waals surface area (Å²) in [7, 11) is 0. The van der Waals surface area contributed by atoms with E-state index in [0.29, 0.717) is 29.4 Å². The van der Waals surface area contributed by atoms with Crippen molar-refractivity contribution >= 4 is 28.5 Å². The number of benzene rings is 3. The molecule has 1 heterocycles. The van der Waals surface area contributed by atoms with Gasteiger partial charge >= 0.3 is 0 Å². The maximum atomic E-state index is 12.8. The van der Waals surface area contributed by atoms with Gasteiger partial charge in [0.15, 0.2) is 0 Å². The van der Waals surface area contributed by atoms with E-state index < -0.39 is 0 Å². The summed E-state index contributed by atoms with van der Waals surface area (Å²) < 4.78 is 1.75.